The summed E-state index contributed by atoms with van der Waals surface area (Å²) in [4.78, 5) is 27.0. The quantitative estimate of drug-likeness (QED) is 0.354. The number of nitrogens with zero attached hydrogens (tertiary/aromatic N) is 5. The second kappa shape index (κ2) is 9.97. The van der Waals surface area contributed by atoms with E-state index in [0.29, 0.717) is 41.2 Å². The van der Waals surface area contributed by atoms with Gasteiger partial charge in [-0.3, -0.25) is 14.2 Å². The zero-order valence-corrected chi connectivity index (χ0v) is 21.6. The largest absolute Gasteiger partial charge is 0.415 e. The Kier molecular flexibility index (Phi) is 6.50. The van der Waals surface area contributed by atoms with E-state index in [-0.39, 0.29) is 29.7 Å². The van der Waals surface area contributed by atoms with Crippen molar-refractivity contribution >= 4 is 39.9 Å². The molecule has 11 nitrogen and oxygen atoms in total. The van der Waals surface area contributed by atoms with Crippen molar-refractivity contribution in [2.75, 3.05) is 17.2 Å². The monoisotopic (exact) mass is 546 g/mol. The van der Waals surface area contributed by atoms with E-state index in [1.165, 1.54) is 22.1 Å². The van der Waals surface area contributed by atoms with Gasteiger partial charge in [0.25, 0.3) is 5.91 Å². The van der Waals surface area contributed by atoms with Crippen LogP contribution >= 0.6 is 11.3 Å². The number of ether oxygens (including phenoxy) is 1. The predicted molar refractivity (Wildman–Crippen MR) is 135 cm³/mol. The summed E-state index contributed by atoms with van der Waals surface area (Å²) in [5, 5.41) is 22.0. The van der Waals surface area contributed by atoms with Gasteiger partial charge in [0.15, 0.2) is 0 Å². The van der Waals surface area contributed by atoms with Crippen LogP contribution in [0.1, 0.15) is 58.9 Å². The van der Waals surface area contributed by atoms with Crippen LogP contribution in [0.25, 0.3) is 0 Å². The molecule has 0 radical (unpaired) electrons. The van der Waals surface area contributed by atoms with Crippen molar-refractivity contribution in [2.24, 2.45) is 18.9 Å². The standard InChI is InChI=1S/C24H28F2N8O3S/c1-33-17(9-18(32-33)37-23(25)26)29-24-31-28-11-34(24)14-6-7-16-15(8-14)19(21(36)27-10-12-2-3-12)22(38-16)30-20(35)13-4-5-13/h9,11-14,23H,2-8,10H2,1H3,(H,27,36)(H,29,31)(H,30,35)/t14-/m0/s1. The molecule has 202 valence electrons. The Hall–Kier alpha value is -3.55. The van der Waals surface area contributed by atoms with Crippen LogP contribution in [0.4, 0.5) is 25.5 Å². The van der Waals surface area contributed by atoms with E-state index in [1.54, 1.807) is 13.4 Å². The number of hydrogen-bond acceptors (Lipinski definition) is 8. The molecule has 3 aromatic rings. The maximum absolute atomic E-state index is 13.3. The van der Waals surface area contributed by atoms with Crippen LogP contribution in [0, 0.1) is 11.8 Å². The lowest BCUT2D eigenvalue weighted by Gasteiger charge is -2.25. The number of alkyl halides is 2. The van der Waals surface area contributed by atoms with Gasteiger partial charge in [0, 0.05) is 36.5 Å². The molecule has 6 rings (SSSR count). The highest BCUT2D eigenvalue weighted by Gasteiger charge is 2.35. The van der Waals surface area contributed by atoms with E-state index in [1.807, 2.05) is 4.57 Å². The highest BCUT2D eigenvalue weighted by molar-refractivity contribution is 7.17. The molecule has 3 N–H and O–H groups in total. The van der Waals surface area contributed by atoms with Gasteiger partial charge in [-0.1, -0.05) is 0 Å². The smallest absolute Gasteiger partial charge is 0.388 e. The van der Waals surface area contributed by atoms with Gasteiger partial charge in [0.05, 0.1) is 5.56 Å². The summed E-state index contributed by atoms with van der Waals surface area (Å²) < 4.78 is 32.8. The maximum Gasteiger partial charge on any atom is 0.388 e. The molecule has 0 aromatic carbocycles. The van der Waals surface area contributed by atoms with Crippen molar-refractivity contribution < 1.29 is 23.1 Å². The topological polar surface area (TPSA) is 128 Å². The van der Waals surface area contributed by atoms with Crippen molar-refractivity contribution in [2.45, 2.75) is 57.6 Å². The lowest BCUT2D eigenvalue weighted by atomic mass is 9.91. The highest BCUT2D eigenvalue weighted by atomic mass is 32.1. The first-order valence-electron chi connectivity index (χ1n) is 12.7. The number of carbonyl (C=O) groups is 2. The van der Waals surface area contributed by atoms with Crippen molar-refractivity contribution in [3.05, 3.63) is 28.4 Å². The van der Waals surface area contributed by atoms with Gasteiger partial charge >= 0.3 is 6.61 Å². The second-order valence-corrected chi connectivity index (χ2v) is 11.2. The van der Waals surface area contributed by atoms with Crippen LogP contribution in [0.3, 0.4) is 0 Å². The minimum Gasteiger partial charge on any atom is -0.415 e. The van der Waals surface area contributed by atoms with Gasteiger partial charge < -0.3 is 20.7 Å². The molecule has 14 heteroatoms. The first-order valence-corrected chi connectivity index (χ1v) is 13.6. The van der Waals surface area contributed by atoms with Crippen molar-refractivity contribution in [3.63, 3.8) is 0 Å². The Morgan fingerprint density at radius 3 is 2.79 bits per heavy atom. The minimum atomic E-state index is -2.97. The SMILES string of the molecule is Cn1nc(OC(F)F)cc1Nc1nncn1[C@H]1CCc2sc(NC(=O)C3CC3)c(C(=O)NCC3CC3)c2C1. The van der Waals surface area contributed by atoms with Crippen molar-refractivity contribution in [1.29, 1.82) is 0 Å². The van der Waals surface area contributed by atoms with Gasteiger partial charge in [-0.15, -0.1) is 26.6 Å². The van der Waals surface area contributed by atoms with Crippen LogP contribution in [0.5, 0.6) is 5.88 Å². The molecule has 0 aliphatic heterocycles. The number of aromatic nitrogens is 5. The predicted octanol–water partition coefficient (Wildman–Crippen LogP) is 3.64. The minimum absolute atomic E-state index is 0.0203. The molecule has 38 heavy (non-hydrogen) atoms. The highest BCUT2D eigenvalue weighted by Crippen LogP contribution is 2.43. The fraction of sp³-hybridized carbons (Fsp3) is 0.542. The zero-order valence-electron chi connectivity index (χ0n) is 20.7. The third kappa shape index (κ3) is 5.22. The van der Waals surface area contributed by atoms with Crippen LogP contribution < -0.4 is 20.7 Å². The Balaban J connectivity index is 1.24. The van der Waals surface area contributed by atoms with Crippen molar-refractivity contribution in [1.82, 2.24) is 29.9 Å². The van der Waals surface area contributed by atoms with Gasteiger partial charge in [0.2, 0.25) is 17.7 Å². The summed E-state index contributed by atoms with van der Waals surface area (Å²) in [6, 6.07) is 1.31. The molecule has 1 atom stereocenters. The number of aryl methyl sites for hydroxylation is 2. The average molecular weight is 547 g/mol. The molecule has 2 saturated carbocycles. The average Bonchev–Trinajstić information content (AvgIpc) is 3.79. The van der Waals surface area contributed by atoms with Gasteiger partial charge in [-0.2, -0.15) is 8.78 Å². The Morgan fingerprint density at radius 1 is 1.24 bits per heavy atom. The Labute approximate surface area is 220 Å². The summed E-state index contributed by atoms with van der Waals surface area (Å²) in [6.45, 7) is -2.33. The second-order valence-electron chi connectivity index (χ2n) is 10.1. The summed E-state index contributed by atoms with van der Waals surface area (Å²) in [6.07, 6.45) is 7.73. The number of anilines is 3. The Morgan fingerprint density at radius 2 is 2.05 bits per heavy atom. The van der Waals surface area contributed by atoms with Gasteiger partial charge in [-0.25, -0.2) is 4.68 Å². The van der Waals surface area contributed by atoms with Crippen LogP contribution in [-0.2, 0) is 24.7 Å². The van der Waals surface area contributed by atoms with E-state index in [9.17, 15) is 18.4 Å². The third-order valence-corrected chi connectivity index (χ3v) is 8.38. The van der Waals surface area contributed by atoms with Gasteiger partial charge in [0.1, 0.15) is 17.1 Å². The molecule has 0 bridgehead atoms. The fourth-order valence-electron chi connectivity index (χ4n) is 4.76. The normalized spacial score (nSPS) is 18.8. The van der Waals surface area contributed by atoms with Crippen LogP contribution in [0.2, 0.25) is 0 Å². The molecule has 3 aliphatic rings. The van der Waals surface area contributed by atoms with E-state index in [2.05, 4.69) is 36.0 Å². The van der Waals surface area contributed by atoms with Crippen LogP contribution in [-0.4, -0.2) is 49.5 Å². The number of thiophene rings is 1. The number of carbonyl (C=O) groups excluding carboxylic acids is 2. The van der Waals surface area contributed by atoms with Gasteiger partial charge in [-0.05, 0) is 56.4 Å². The number of hydrogen-bond donors (Lipinski definition) is 3. The maximum atomic E-state index is 13.3. The number of amides is 2. The Bertz CT molecular complexity index is 1360. The summed E-state index contributed by atoms with van der Waals surface area (Å²) in [5.74, 6) is 1.02. The fourth-order valence-corrected chi connectivity index (χ4v) is 6.00. The number of nitrogens with one attached hydrogen (secondary N) is 3. The molecule has 2 amide bonds. The zero-order chi connectivity index (χ0) is 26.4. The van der Waals surface area contributed by atoms with E-state index < -0.39 is 6.61 Å². The molecule has 2 fully saturated rings. The molecular weight excluding hydrogens is 518 g/mol. The number of halogens is 2. The third-order valence-electron chi connectivity index (χ3n) is 7.17. The summed E-state index contributed by atoms with van der Waals surface area (Å²) >= 11 is 1.49. The summed E-state index contributed by atoms with van der Waals surface area (Å²) in [7, 11) is 1.60. The van der Waals surface area contributed by atoms with E-state index in [0.717, 1.165) is 49.0 Å². The molecule has 3 heterocycles. The number of rotatable bonds is 10. The molecule has 0 unspecified atom stereocenters. The lowest BCUT2D eigenvalue weighted by Crippen LogP contribution is -2.28. The van der Waals surface area contributed by atoms with E-state index >= 15 is 0 Å². The number of fused-ring (bicyclic) bond motifs is 1. The molecule has 0 saturated heterocycles. The summed E-state index contributed by atoms with van der Waals surface area (Å²) in [5.41, 5.74) is 1.51. The first-order chi connectivity index (χ1) is 18.4. The first kappa shape index (κ1) is 24.8. The molecule has 3 aromatic heterocycles. The molecule has 0 spiro atoms. The molecule has 3 aliphatic carbocycles. The molecular formula is C24H28F2N8O3S. The van der Waals surface area contributed by atoms with Crippen LogP contribution in [0.15, 0.2) is 12.4 Å². The van der Waals surface area contributed by atoms with Crippen molar-refractivity contribution in [3.8, 4) is 5.88 Å². The lowest BCUT2D eigenvalue weighted by molar-refractivity contribution is -0.117. The van der Waals surface area contributed by atoms with E-state index in [4.69, 9.17) is 0 Å².